The predicted octanol–water partition coefficient (Wildman–Crippen LogP) is 2.75. The molecule has 142 valence electrons. The van der Waals surface area contributed by atoms with E-state index in [-0.39, 0.29) is 18.2 Å². The lowest BCUT2D eigenvalue weighted by molar-refractivity contribution is -0.115. The van der Waals surface area contributed by atoms with Gasteiger partial charge in [-0.15, -0.1) is 0 Å². The van der Waals surface area contributed by atoms with Crippen molar-refractivity contribution in [3.8, 4) is 5.75 Å². The van der Waals surface area contributed by atoms with Crippen LogP contribution >= 0.6 is 0 Å². The van der Waals surface area contributed by atoms with Crippen LogP contribution in [0.15, 0.2) is 48.5 Å². The molecule has 0 spiro atoms. The van der Waals surface area contributed by atoms with E-state index in [9.17, 15) is 14.0 Å². The molecule has 1 saturated heterocycles. The van der Waals surface area contributed by atoms with Crippen molar-refractivity contribution >= 4 is 17.5 Å². The molecule has 3 rings (SSSR count). The third-order valence-electron chi connectivity index (χ3n) is 4.11. The molecule has 2 N–H and O–H groups in total. The summed E-state index contributed by atoms with van der Waals surface area (Å²) < 4.78 is 24.8. The van der Waals surface area contributed by atoms with Crippen LogP contribution in [0, 0.1) is 5.82 Å². The topological polar surface area (TPSA) is 76.7 Å². The van der Waals surface area contributed by atoms with Gasteiger partial charge in [-0.3, -0.25) is 9.59 Å². The average Bonchev–Trinajstić information content (AvgIpc) is 3.19. The molecule has 0 aromatic heterocycles. The zero-order chi connectivity index (χ0) is 19.1. The average molecular weight is 372 g/mol. The summed E-state index contributed by atoms with van der Waals surface area (Å²) in [6, 6.07) is 12.6. The lowest BCUT2D eigenvalue weighted by atomic mass is 10.2. The van der Waals surface area contributed by atoms with Gasteiger partial charge < -0.3 is 20.1 Å². The summed E-state index contributed by atoms with van der Waals surface area (Å²) in [4.78, 5) is 24.0. The molecule has 0 aliphatic carbocycles. The van der Waals surface area contributed by atoms with Gasteiger partial charge in [0.1, 0.15) is 18.2 Å². The number of anilines is 1. The second-order valence-electron chi connectivity index (χ2n) is 6.18. The Labute approximate surface area is 156 Å². The van der Waals surface area contributed by atoms with Crippen LogP contribution in [0.4, 0.5) is 10.1 Å². The van der Waals surface area contributed by atoms with Crippen LogP contribution in [0.1, 0.15) is 23.2 Å². The number of carbonyl (C=O) groups excluding carboxylic acids is 2. The molecule has 0 saturated carbocycles. The lowest BCUT2D eigenvalue weighted by Crippen LogP contribution is -2.33. The number of carbonyl (C=O) groups is 2. The predicted molar refractivity (Wildman–Crippen MR) is 98.3 cm³/mol. The first kappa shape index (κ1) is 18.8. The molecular formula is C20H21FN2O4. The van der Waals surface area contributed by atoms with Crippen LogP contribution < -0.4 is 15.4 Å². The Bertz CT molecular complexity index is 806. The normalized spacial score (nSPS) is 16.0. The summed E-state index contributed by atoms with van der Waals surface area (Å²) in [7, 11) is 0. The highest BCUT2D eigenvalue weighted by atomic mass is 19.1. The van der Waals surface area contributed by atoms with E-state index >= 15 is 0 Å². The van der Waals surface area contributed by atoms with Gasteiger partial charge >= 0.3 is 0 Å². The number of halogens is 1. The quantitative estimate of drug-likeness (QED) is 0.784. The minimum atomic E-state index is -0.642. The highest BCUT2D eigenvalue weighted by Crippen LogP contribution is 2.19. The van der Waals surface area contributed by atoms with Crippen molar-refractivity contribution in [1.82, 2.24) is 5.32 Å². The van der Waals surface area contributed by atoms with E-state index in [4.69, 9.17) is 9.47 Å². The molecule has 1 fully saturated rings. The maximum Gasteiger partial charge on any atom is 0.254 e. The van der Waals surface area contributed by atoms with Gasteiger partial charge in [-0.05, 0) is 37.1 Å². The minimum Gasteiger partial charge on any atom is -0.491 e. The maximum atomic E-state index is 13.6. The lowest BCUT2D eigenvalue weighted by Gasteiger charge is -2.13. The summed E-state index contributed by atoms with van der Waals surface area (Å²) in [5.41, 5.74) is 0.444. The zero-order valence-corrected chi connectivity index (χ0v) is 14.7. The van der Waals surface area contributed by atoms with Crippen LogP contribution in [0.5, 0.6) is 5.75 Å². The van der Waals surface area contributed by atoms with Crippen LogP contribution in [-0.4, -0.2) is 37.7 Å². The Morgan fingerprint density at radius 3 is 2.81 bits per heavy atom. The van der Waals surface area contributed by atoms with Crippen LogP contribution in [0.3, 0.4) is 0 Å². The number of ether oxygens (including phenoxy) is 2. The van der Waals surface area contributed by atoms with Gasteiger partial charge in [0.2, 0.25) is 5.91 Å². The van der Waals surface area contributed by atoms with Gasteiger partial charge in [0.05, 0.1) is 18.2 Å². The molecule has 0 radical (unpaired) electrons. The standard InChI is InChI=1S/C20H21FN2O4/c21-18-9-2-1-8-17(18)20(25)22-12-19(24)23-14-5-3-6-15(11-14)27-13-16-7-4-10-26-16/h1-3,5-6,8-9,11,16H,4,7,10,12-13H2,(H,22,25)(H,23,24). The zero-order valence-electron chi connectivity index (χ0n) is 14.7. The number of rotatable bonds is 7. The number of benzene rings is 2. The minimum absolute atomic E-state index is 0.102. The molecule has 0 bridgehead atoms. The van der Waals surface area contributed by atoms with Crippen molar-refractivity contribution in [1.29, 1.82) is 0 Å². The Morgan fingerprint density at radius 1 is 1.19 bits per heavy atom. The van der Waals surface area contributed by atoms with Gasteiger partial charge in [-0.2, -0.15) is 0 Å². The number of nitrogens with one attached hydrogen (secondary N) is 2. The maximum absolute atomic E-state index is 13.6. The highest BCUT2D eigenvalue weighted by Gasteiger charge is 2.16. The first-order valence-corrected chi connectivity index (χ1v) is 8.79. The molecule has 2 aromatic carbocycles. The Kier molecular flexibility index (Phi) is 6.38. The summed E-state index contributed by atoms with van der Waals surface area (Å²) in [6.07, 6.45) is 2.14. The molecule has 1 atom stereocenters. The van der Waals surface area contributed by atoms with Crippen LogP contribution in [0.25, 0.3) is 0 Å². The van der Waals surface area contributed by atoms with E-state index in [0.717, 1.165) is 19.4 Å². The molecule has 1 unspecified atom stereocenters. The highest BCUT2D eigenvalue weighted by molar-refractivity contribution is 5.99. The molecule has 2 aromatic rings. The van der Waals surface area contributed by atoms with Crippen LogP contribution in [-0.2, 0) is 9.53 Å². The molecule has 6 nitrogen and oxygen atoms in total. The van der Waals surface area contributed by atoms with E-state index in [2.05, 4.69) is 10.6 Å². The van der Waals surface area contributed by atoms with E-state index in [1.165, 1.54) is 18.2 Å². The van der Waals surface area contributed by atoms with Crippen molar-refractivity contribution in [3.63, 3.8) is 0 Å². The first-order chi connectivity index (χ1) is 13.1. The fourth-order valence-electron chi connectivity index (χ4n) is 2.73. The molecule has 2 amide bonds. The summed E-state index contributed by atoms with van der Waals surface area (Å²) >= 11 is 0. The third-order valence-corrected chi connectivity index (χ3v) is 4.11. The Hall–Kier alpha value is -2.93. The smallest absolute Gasteiger partial charge is 0.254 e. The summed E-state index contributed by atoms with van der Waals surface area (Å²) in [6.45, 7) is 0.965. The summed E-state index contributed by atoms with van der Waals surface area (Å²) in [5.74, 6) is -1.07. The first-order valence-electron chi connectivity index (χ1n) is 8.79. The van der Waals surface area contributed by atoms with E-state index in [1.807, 2.05) is 0 Å². The largest absolute Gasteiger partial charge is 0.491 e. The molecular weight excluding hydrogens is 351 g/mol. The van der Waals surface area contributed by atoms with Gasteiger partial charge in [-0.25, -0.2) is 4.39 Å². The van der Waals surface area contributed by atoms with Gasteiger partial charge in [-0.1, -0.05) is 18.2 Å². The van der Waals surface area contributed by atoms with Crippen molar-refractivity contribution in [2.24, 2.45) is 0 Å². The third kappa shape index (κ3) is 5.52. The second-order valence-corrected chi connectivity index (χ2v) is 6.18. The Balaban J connectivity index is 1.48. The fraction of sp³-hybridized carbons (Fsp3) is 0.300. The van der Waals surface area contributed by atoms with Crippen molar-refractivity contribution in [3.05, 3.63) is 59.9 Å². The number of amides is 2. The second kappa shape index (κ2) is 9.14. The van der Waals surface area contributed by atoms with Crippen molar-refractivity contribution in [2.75, 3.05) is 25.1 Å². The molecule has 1 heterocycles. The molecule has 27 heavy (non-hydrogen) atoms. The number of hydrogen-bond acceptors (Lipinski definition) is 4. The van der Waals surface area contributed by atoms with Gasteiger partial charge in [0.25, 0.3) is 5.91 Å². The van der Waals surface area contributed by atoms with Crippen molar-refractivity contribution < 1.29 is 23.5 Å². The monoisotopic (exact) mass is 372 g/mol. The molecule has 7 heteroatoms. The van der Waals surface area contributed by atoms with Crippen LogP contribution in [0.2, 0.25) is 0 Å². The molecule has 1 aliphatic rings. The fourth-order valence-corrected chi connectivity index (χ4v) is 2.73. The van der Waals surface area contributed by atoms with E-state index < -0.39 is 17.6 Å². The van der Waals surface area contributed by atoms with E-state index in [0.29, 0.717) is 18.0 Å². The summed E-state index contributed by atoms with van der Waals surface area (Å²) in [5, 5.41) is 5.07. The van der Waals surface area contributed by atoms with E-state index in [1.54, 1.807) is 30.3 Å². The Morgan fingerprint density at radius 2 is 2.04 bits per heavy atom. The SMILES string of the molecule is O=C(CNC(=O)c1ccccc1F)Nc1cccc(OCC2CCCO2)c1. The van der Waals surface area contributed by atoms with Crippen molar-refractivity contribution in [2.45, 2.75) is 18.9 Å². The van der Waals surface area contributed by atoms with Gasteiger partial charge in [0, 0.05) is 18.4 Å². The van der Waals surface area contributed by atoms with Gasteiger partial charge in [0.15, 0.2) is 0 Å². The number of hydrogen-bond donors (Lipinski definition) is 2. The molecule has 1 aliphatic heterocycles.